The number of likely N-dealkylation sites (tertiary alicyclic amines) is 1. The number of benzene rings is 1. The van der Waals surface area contributed by atoms with Gasteiger partial charge in [-0.1, -0.05) is 37.3 Å². The zero-order valence-corrected chi connectivity index (χ0v) is 13.1. The predicted molar refractivity (Wildman–Crippen MR) is 82.0 cm³/mol. The minimum atomic E-state index is -3.15. The lowest BCUT2D eigenvalue weighted by Gasteiger charge is -2.37. The first-order valence-corrected chi connectivity index (χ1v) is 9.08. The van der Waals surface area contributed by atoms with Gasteiger partial charge in [-0.15, -0.1) is 0 Å². The maximum Gasteiger partial charge on any atom is 0.208 e. The highest BCUT2D eigenvalue weighted by atomic mass is 32.2. The van der Waals surface area contributed by atoms with Crippen LogP contribution in [-0.4, -0.2) is 39.2 Å². The number of nitrogens with zero attached hydrogens (tertiary/aromatic N) is 1. The van der Waals surface area contributed by atoms with Crippen LogP contribution in [0.25, 0.3) is 0 Å². The van der Waals surface area contributed by atoms with Crippen LogP contribution in [0.4, 0.5) is 0 Å². The molecule has 1 fully saturated rings. The fourth-order valence-corrected chi connectivity index (χ4v) is 3.16. The average Bonchev–Trinajstić information content (AvgIpc) is 2.41. The lowest BCUT2D eigenvalue weighted by atomic mass is 9.96. The van der Waals surface area contributed by atoms with E-state index >= 15 is 0 Å². The minimum Gasteiger partial charge on any atom is -0.295 e. The van der Waals surface area contributed by atoms with Crippen molar-refractivity contribution < 1.29 is 8.42 Å². The molecular formula is C15H24N2O2S. The molecule has 4 nitrogen and oxygen atoms in total. The van der Waals surface area contributed by atoms with E-state index in [0.29, 0.717) is 6.54 Å². The highest BCUT2D eigenvalue weighted by molar-refractivity contribution is 7.88. The molecule has 1 saturated heterocycles. The van der Waals surface area contributed by atoms with Crippen LogP contribution >= 0.6 is 0 Å². The van der Waals surface area contributed by atoms with Crippen molar-refractivity contribution in [2.75, 3.05) is 25.9 Å². The Bertz CT molecular complexity index is 508. The van der Waals surface area contributed by atoms with Gasteiger partial charge in [0.2, 0.25) is 10.0 Å². The van der Waals surface area contributed by atoms with E-state index in [4.69, 9.17) is 0 Å². The lowest BCUT2D eigenvalue weighted by Crippen LogP contribution is -2.41. The van der Waals surface area contributed by atoms with E-state index < -0.39 is 10.0 Å². The lowest BCUT2D eigenvalue weighted by molar-refractivity contribution is 0.139. The fraction of sp³-hybridized carbons (Fsp3) is 0.600. The molecule has 1 atom stereocenters. The summed E-state index contributed by atoms with van der Waals surface area (Å²) in [4.78, 5) is 2.40. The van der Waals surface area contributed by atoms with Gasteiger partial charge in [-0.3, -0.25) is 4.90 Å². The second-order valence-corrected chi connectivity index (χ2v) is 7.60. The number of nitrogens with one attached hydrogen (secondary N) is 1. The summed E-state index contributed by atoms with van der Waals surface area (Å²) in [6, 6.07) is 10.3. The quantitative estimate of drug-likeness (QED) is 0.904. The molecule has 112 valence electrons. The first-order valence-electron chi connectivity index (χ1n) is 7.19. The van der Waals surface area contributed by atoms with E-state index in [1.807, 2.05) is 18.2 Å². The maximum absolute atomic E-state index is 11.4. The topological polar surface area (TPSA) is 49.4 Å². The Morgan fingerprint density at radius 1 is 1.25 bits per heavy atom. The van der Waals surface area contributed by atoms with Gasteiger partial charge in [0.25, 0.3) is 0 Å². The fourth-order valence-electron chi connectivity index (χ4n) is 2.70. The van der Waals surface area contributed by atoms with E-state index in [1.54, 1.807) is 0 Å². The van der Waals surface area contributed by atoms with Gasteiger partial charge in [-0.2, -0.15) is 0 Å². The highest BCUT2D eigenvalue weighted by Gasteiger charge is 2.25. The zero-order valence-electron chi connectivity index (χ0n) is 12.2. The minimum absolute atomic E-state index is 0.124. The van der Waals surface area contributed by atoms with Crippen molar-refractivity contribution in [2.45, 2.75) is 25.8 Å². The van der Waals surface area contributed by atoms with E-state index in [1.165, 1.54) is 24.7 Å². The standard InChI is InChI=1S/C15H24N2O2S/c1-13-8-10-17(11-9-13)15(12-16-20(2,18)19)14-6-4-3-5-7-14/h3-7,13,15-16H,8-12H2,1-2H3. The monoisotopic (exact) mass is 296 g/mol. The van der Waals surface area contributed by atoms with Gasteiger partial charge in [0.15, 0.2) is 0 Å². The van der Waals surface area contributed by atoms with Crippen LogP contribution in [0.3, 0.4) is 0 Å². The van der Waals surface area contributed by atoms with Crippen LogP contribution in [-0.2, 0) is 10.0 Å². The van der Waals surface area contributed by atoms with Crippen molar-refractivity contribution in [3.63, 3.8) is 0 Å². The molecule has 0 radical (unpaired) electrons. The first kappa shape index (κ1) is 15.5. The number of rotatable bonds is 5. The molecule has 20 heavy (non-hydrogen) atoms. The zero-order chi connectivity index (χ0) is 14.6. The molecule has 1 unspecified atom stereocenters. The van der Waals surface area contributed by atoms with Gasteiger partial charge in [-0.05, 0) is 37.4 Å². The van der Waals surface area contributed by atoms with Crippen LogP contribution in [0.5, 0.6) is 0 Å². The summed E-state index contributed by atoms with van der Waals surface area (Å²) in [5.74, 6) is 0.769. The smallest absolute Gasteiger partial charge is 0.208 e. The predicted octanol–water partition coefficient (Wildman–Crippen LogP) is 2.01. The van der Waals surface area contributed by atoms with Crippen LogP contribution in [0.15, 0.2) is 30.3 Å². The number of hydrogen-bond acceptors (Lipinski definition) is 3. The largest absolute Gasteiger partial charge is 0.295 e. The summed E-state index contributed by atoms with van der Waals surface area (Å²) >= 11 is 0. The van der Waals surface area contributed by atoms with E-state index in [9.17, 15) is 8.42 Å². The molecule has 0 amide bonds. The van der Waals surface area contributed by atoms with Crippen molar-refractivity contribution >= 4 is 10.0 Å². The molecule has 0 spiro atoms. The number of hydrogen-bond donors (Lipinski definition) is 1. The molecule has 0 aliphatic carbocycles. The van der Waals surface area contributed by atoms with Crippen LogP contribution in [0.1, 0.15) is 31.4 Å². The SMILES string of the molecule is CC1CCN(C(CNS(C)(=O)=O)c2ccccc2)CC1. The normalized spacial score (nSPS) is 19.9. The van der Waals surface area contributed by atoms with Gasteiger partial charge < -0.3 is 0 Å². The molecule has 0 bridgehead atoms. The Balaban J connectivity index is 2.12. The Morgan fingerprint density at radius 2 is 1.85 bits per heavy atom. The summed E-state index contributed by atoms with van der Waals surface area (Å²) in [5, 5.41) is 0. The molecule has 0 aromatic heterocycles. The average molecular weight is 296 g/mol. The van der Waals surface area contributed by atoms with E-state index in [0.717, 1.165) is 19.0 Å². The molecule has 0 saturated carbocycles. The van der Waals surface area contributed by atoms with Gasteiger partial charge in [0, 0.05) is 12.6 Å². The van der Waals surface area contributed by atoms with Crippen molar-refractivity contribution in [3.05, 3.63) is 35.9 Å². The van der Waals surface area contributed by atoms with Crippen LogP contribution in [0, 0.1) is 5.92 Å². The second-order valence-electron chi connectivity index (χ2n) is 5.77. The Kier molecular flexibility index (Phi) is 5.18. The summed E-state index contributed by atoms with van der Waals surface area (Å²) in [5.41, 5.74) is 1.18. The molecule has 1 aliphatic heterocycles. The molecule has 1 aromatic carbocycles. The highest BCUT2D eigenvalue weighted by Crippen LogP contribution is 2.26. The molecule has 2 rings (SSSR count). The third-order valence-electron chi connectivity index (χ3n) is 3.98. The molecule has 1 aliphatic rings. The van der Waals surface area contributed by atoms with E-state index in [-0.39, 0.29) is 6.04 Å². The van der Waals surface area contributed by atoms with Crippen molar-refractivity contribution in [3.8, 4) is 0 Å². The van der Waals surface area contributed by atoms with Crippen molar-refractivity contribution in [2.24, 2.45) is 5.92 Å². The van der Waals surface area contributed by atoms with Gasteiger partial charge >= 0.3 is 0 Å². The maximum atomic E-state index is 11.4. The first-order chi connectivity index (χ1) is 9.46. The summed E-state index contributed by atoms with van der Waals surface area (Å²) in [7, 11) is -3.15. The van der Waals surface area contributed by atoms with Crippen molar-refractivity contribution in [1.29, 1.82) is 0 Å². The molecule has 1 N–H and O–H groups in total. The van der Waals surface area contributed by atoms with Crippen molar-refractivity contribution in [1.82, 2.24) is 9.62 Å². The van der Waals surface area contributed by atoms with E-state index in [2.05, 4.69) is 28.7 Å². The van der Waals surface area contributed by atoms with Crippen LogP contribution in [0.2, 0.25) is 0 Å². The van der Waals surface area contributed by atoms with Crippen LogP contribution < -0.4 is 4.72 Å². The Morgan fingerprint density at radius 3 is 2.40 bits per heavy atom. The van der Waals surface area contributed by atoms with Gasteiger partial charge in [0.1, 0.15) is 0 Å². The van der Waals surface area contributed by atoms with Gasteiger partial charge in [0.05, 0.1) is 6.26 Å². The van der Waals surface area contributed by atoms with Gasteiger partial charge in [-0.25, -0.2) is 13.1 Å². The number of piperidine rings is 1. The summed E-state index contributed by atoms with van der Waals surface area (Å²) < 4.78 is 25.4. The second kappa shape index (κ2) is 6.70. The number of sulfonamides is 1. The molecule has 1 heterocycles. The third kappa shape index (κ3) is 4.58. The molecule has 5 heteroatoms. The molecular weight excluding hydrogens is 272 g/mol. The Labute approximate surface area is 122 Å². The summed E-state index contributed by atoms with van der Waals surface area (Å²) in [6.45, 7) is 4.79. The third-order valence-corrected chi connectivity index (χ3v) is 4.67. The molecule has 1 aromatic rings. The Hall–Kier alpha value is -0.910. The summed E-state index contributed by atoms with van der Waals surface area (Å²) in [6.07, 6.45) is 3.58.